The minimum Gasteiger partial charge on any atom is -0.450 e. The second kappa shape index (κ2) is 6.85. The van der Waals surface area contributed by atoms with Crippen molar-refractivity contribution < 1.29 is 13.9 Å². The molecule has 0 aliphatic carbocycles. The summed E-state index contributed by atoms with van der Waals surface area (Å²) < 4.78 is 11.8. The van der Waals surface area contributed by atoms with Crippen molar-refractivity contribution in [3.05, 3.63) is 80.7 Å². The number of fused-ring (bicyclic) bond motifs is 2. The van der Waals surface area contributed by atoms with Crippen LogP contribution in [0.2, 0.25) is 0 Å². The van der Waals surface area contributed by atoms with E-state index in [1.165, 1.54) is 0 Å². The summed E-state index contributed by atoms with van der Waals surface area (Å²) in [7, 11) is 0. The number of carbonyl (C=O) groups is 1. The van der Waals surface area contributed by atoms with E-state index in [4.69, 9.17) is 9.15 Å². The van der Waals surface area contributed by atoms with E-state index in [9.17, 15) is 9.59 Å². The van der Waals surface area contributed by atoms with Gasteiger partial charge >= 0.3 is 0 Å². The van der Waals surface area contributed by atoms with Crippen LogP contribution in [0.15, 0.2) is 51.7 Å². The second-order valence-corrected chi connectivity index (χ2v) is 8.08. The Balaban J connectivity index is 1.70. The summed E-state index contributed by atoms with van der Waals surface area (Å²) in [6.45, 7) is 5.13. The van der Waals surface area contributed by atoms with Gasteiger partial charge in [-0.1, -0.05) is 35.9 Å². The summed E-state index contributed by atoms with van der Waals surface area (Å²) in [4.78, 5) is 28.5. The van der Waals surface area contributed by atoms with Crippen molar-refractivity contribution in [1.82, 2.24) is 4.90 Å². The van der Waals surface area contributed by atoms with Gasteiger partial charge in [0.05, 0.1) is 23.1 Å². The van der Waals surface area contributed by atoms with Gasteiger partial charge in [0.25, 0.3) is 5.91 Å². The van der Waals surface area contributed by atoms with Crippen LogP contribution < -0.4 is 5.43 Å². The Morgan fingerprint density at radius 1 is 1.03 bits per heavy atom. The molecule has 2 aliphatic heterocycles. The zero-order valence-corrected chi connectivity index (χ0v) is 16.6. The standard InChI is InChI=1S/C24H23NO4/c1-14-5-8-16(9-6-14)21-20-22(26)18-10-7-15(2)12-19(18)29-23(20)24(27)25(21)13-17-4-3-11-28-17/h5-10,12,17,21H,3-4,11,13H2,1-2H3. The molecule has 1 saturated heterocycles. The first-order chi connectivity index (χ1) is 14.0. The number of aryl methyl sites for hydroxylation is 2. The zero-order valence-electron chi connectivity index (χ0n) is 16.6. The van der Waals surface area contributed by atoms with E-state index in [2.05, 4.69) is 0 Å². The second-order valence-electron chi connectivity index (χ2n) is 8.08. The molecule has 148 valence electrons. The monoisotopic (exact) mass is 389 g/mol. The highest BCUT2D eigenvalue weighted by molar-refractivity contribution is 5.99. The number of nitrogens with zero attached hydrogens (tertiary/aromatic N) is 1. The Labute approximate surface area is 168 Å². The molecule has 2 aromatic carbocycles. The van der Waals surface area contributed by atoms with Crippen molar-refractivity contribution in [3.63, 3.8) is 0 Å². The van der Waals surface area contributed by atoms with Crippen LogP contribution >= 0.6 is 0 Å². The van der Waals surface area contributed by atoms with E-state index in [-0.39, 0.29) is 23.2 Å². The quantitative estimate of drug-likeness (QED) is 0.676. The van der Waals surface area contributed by atoms with Crippen LogP contribution in [-0.2, 0) is 4.74 Å². The first-order valence-electron chi connectivity index (χ1n) is 10.1. The molecule has 1 aromatic heterocycles. The predicted octanol–water partition coefficient (Wildman–Crippen LogP) is 4.13. The number of benzene rings is 2. The summed E-state index contributed by atoms with van der Waals surface area (Å²) in [6, 6.07) is 13.0. The van der Waals surface area contributed by atoms with E-state index in [1.807, 2.05) is 50.2 Å². The van der Waals surface area contributed by atoms with Gasteiger partial charge in [0.1, 0.15) is 5.58 Å². The van der Waals surface area contributed by atoms with Gasteiger partial charge in [0, 0.05) is 13.2 Å². The molecule has 5 nitrogen and oxygen atoms in total. The molecule has 29 heavy (non-hydrogen) atoms. The van der Waals surface area contributed by atoms with Crippen molar-refractivity contribution >= 4 is 16.9 Å². The van der Waals surface area contributed by atoms with Gasteiger partial charge in [-0.2, -0.15) is 0 Å². The van der Waals surface area contributed by atoms with Gasteiger partial charge in [-0.15, -0.1) is 0 Å². The Morgan fingerprint density at radius 2 is 1.79 bits per heavy atom. The van der Waals surface area contributed by atoms with Crippen LogP contribution in [0, 0.1) is 13.8 Å². The third-order valence-corrected chi connectivity index (χ3v) is 5.94. The van der Waals surface area contributed by atoms with E-state index >= 15 is 0 Å². The number of carbonyl (C=O) groups excluding carboxylic acids is 1. The van der Waals surface area contributed by atoms with Crippen LogP contribution in [0.5, 0.6) is 0 Å². The molecule has 2 aliphatic rings. The van der Waals surface area contributed by atoms with Gasteiger partial charge in [-0.25, -0.2) is 0 Å². The Bertz CT molecular complexity index is 1160. The average Bonchev–Trinajstić information content (AvgIpc) is 3.31. The molecule has 0 saturated carbocycles. The molecule has 5 heteroatoms. The van der Waals surface area contributed by atoms with Crippen molar-refractivity contribution in [1.29, 1.82) is 0 Å². The summed E-state index contributed by atoms with van der Waals surface area (Å²) in [5.74, 6) is -0.0711. The third-order valence-electron chi connectivity index (χ3n) is 5.94. The number of ether oxygens (including phenoxy) is 1. The molecule has 2 atom stereocenters. The maximum absolute atomic E-state index is 13.4. The van der Waals surface area contributed by atoms with Gasteiger partial charge in [0.15, 0.2) is 5.43 Å². The molecule has 0 bridgehead atoms. The number of hydrogen-bond acceptors (Lipinski definition) is 4. The maximum Gasteiger partial charge on any atom is 0.291 e. The van der Waals surface area contributed by atoms with Crippen molar-refractivity contribution in [2.45, 2.75) is 38.8 Å². The summed E-state index contributed by atoms with van der Waals surface area (Å²) in [5.41, 5.74) is 3.80. The van der Waals surface area contributed by atoms with Crippen molar-refractivity contribution in [2.24, 2.45) is 0 Å². The molecule has 1 amide bonds. The lowest BCUT2D eigenvalue weighted by atomic mass is 9.97. The summed E-state index contributed by atoms with van der Waals surface area (Å²) in [5, 5.41) is 0.512. The lowest BCUT2D eigenvalue weighted by molar-refractivity contribution is 0.0486. The molecule has 0 radical (unpaired) electrons. The maximum atomic E-state index is 13.4. The molecule has 1 fully saturated rings. The number of hydrogen-bond donors (Lipinski definition) is 0. The minimum atomic E-state index is -0.454. The topological polar surface area (TPSA) is 59.8 Å². The summed E-state index contributed by atoms with van der Waals surface area (Å²) >= 11 is 0. The van der Waals surface area contributed by atoms with Gasteiger partial charge in [0.2, 0.25) is 5.76 Å². The fraction of sp³-hybridized carbons (Fsp3) is 0.333. The van der Waals surface area contributed by atoms with Gasteiger partial charge < -0.3 is 14.1 Å². The van der Waals surface area contributed by atoms with Crippen LogP contribution in [0.3, 0.4) is 0 Å². The van der Waals surface area contributed by atoms with Crippen LogP contribution in [0.1, 0.15) is 51.7 Å². The lowest BCUT2D eigenvalue weighted by Gasteiger charge is -2.27. The molecule has 3 aromatic rings. The van der Waals surface area contributed by atoms with Crippen molar-refractivity contribution in [2.75, 3.05) is 13.2 Å². The average molecular weight is 389 g/mol. The number of rotatable bonds is 3. The van der Waals surface area contributed by atoms with Gasteiger partial charge in [-0.05, 0) is 49.9 Å². The first-order valence-corrected chi connectivity index (χ1v) is 10.1. The molecular formula is C24H23NO4. The Kier molecular flexibility index (Phi) is 4.28. The first kappa shape index (κ1) is 18.1. The molecule has 5 rings (SSSR count). The smallest absolute Gasteiger partial charge is 0.291 e. The van der Waals surface area contributed by atoms with Crippen LogP contribution in [0.4, 0.5) is 0 Å². The van der Waals surface area contributed by atoms with Gasteiger partial charge in [-0.3, -0.25) is 9.59 Å². The van der Waals surface area contributed by atoms with E-state index in [0.717, 1.165) is 36.1 Å². The third kappa shape index (κ3) is 2.97. The highest BCUT2D eigenvalue weighted by Crippen LogP contribution is 2.39. The Morgan fingerprint density at radius 3 is 2.52 bits per heavy atom. The number of amides is 1. The van der Waals surface area contributed by atoms with E-state index in [1.54, 1.807) is 11.0 Å². The van der Waals surface area contributed by atoms with Crippen molar-refractivity contribution in [3.8, 4) is 0 Å². The van der Waals surface area contributed by atoms with Crippen LogP contribution in [-0.4, -0.2) is 30.1 Å². The largest absolute Gasteiger partial charge is 0.450 e. The van der Waals surface area contributed by atoms with Crippen LogP contribution in [0.25, 0.3) is 11.0 Å². The normalized spacial score (nSPS) is 21.2. The van der Waals surface area contributed by atoms with E-state index < -0.39 is 6.04 Å². The minimum absolute atomic E-state index is 0.00651. The Hall–Kier alpha value is -2.92. The predicted molar refractivity (Wildman–Crippen MR) is 110 cm³/mol. The highest BCUT2D eigenvalue weighted by Gasteiger charge is 2.43. The van der Waals surface area contributed by atoms with E-state index in [0.29, 0.717) is 23.1 Å². The lowest BCUT2D eigenvalue weighted by Crippen LogP contribution is -2.36. The summed E-state index contributed by atoms with van der Waals surface area (Å²) in [6.07, 6.45) is 1.91. The molecule has 0 N–H and O–H groups in total. The zero-order chi connectivity index (χ0) is 20.1. The molecule has 0 spiro atoms. The highest BCUT2D eigenvalue weighted by atomic mass is 16.5. The molecular weight excluding hydrogens is 366 g/mol. The fourth-order valence-corrected chi connectivity index (χ4v) is 4.42. The molecule has 3 heterocycles. The SMILES string of the molecule is Cc1ccc(C2c3c(oc4cc(C)ccc4c3=O)C(=O)N2CC2CCCO2)cc1. The fourth-order valence-electron chi connectivity index (χ4n) is 4.42. The molecule has 2 unspecified atom stereocenters.